The predicted octanol–water partition coefficient (Wildman–Crippen LogP) is 5.20. The molecule has 8 nitrogen and oxygen atoms in total. The molecule has 0 radical (unpaired) electrons. The van der Waals surface area contributed by atoms with E-state index in [9.17, 15) is 9.90 Å². The standard InChI is InChI=1S/C29H28N4O4S/c1-19-25(18-38-29-31-13-4-14-32-29)36-28(37-26(19)21-10-8-20(17-34)9-11-21)22-5-2-7-24(15-22)33-27(35)23-6-3-12-30-16-23/h2-16,19,25-26,28,34H,17-18H2,1H3,(H,33,35). The number of amides is 1. The van der Waals surface area contributed by atoms with Gasteiger partial charge in [-0.25, -0.2) is 9.97 Å². The van der Waals surface area contributed by atoms with Crippen LogP contribution in [0.2, 0.25) is 0 Å². The van der Waals surface area contributed by atoms with Crippen molar-refractivity contribution in [2.24, 2.45) is 5.92 Å². The fourth-order valence-corrected chi connectivity index (χ4v) is 5.26. The summed E-state index contributed by atoms with van der Waals surface area (Å²) in [6, 6.07) is 20.5. The summed E-state index contributed by atoms with van der Waals surface area (Å²) >= 11 is 1.54. The van der Waals surface area contributed by atoms with E-state index in [1.807, 2.05) is 48.5 Å². The lowest BCUT2D eigenvalue weighted by molar-refractivity contribution is -0.268. The first-order valence-electron chi connectivity index (χ1n) is 12.3. The highest BCUT2D eigenvalue weighted by atomic mass is 32.2. The summed E-state index contributed by atoms with van der Waals surface area (Å²) in [6.07, 6.45) is 5.57. The van der Waals surface area contributed by atoms with Gasteiger partial charge in [0.1, 0.15) is 0 Å². The molecule has 2 aromatic heterocycles. The molecule has 5 rings (SSSR count). The molecule has 0 bridgehead atoms. The van der Waals surface area contributed by atoms with E-state index >= 15 is 0 Å². The third-order valence-electron chi connectivity index (χ3n) is 6.38. The van der Waals surface area contributed by atoms with Crippen LogP contribution in [-0.4, -0.2) is 37.8 Å². The first-order chi connectivity index (χ1) is 18.6. The third-order valence-corrected chi connectivity index (χ3v) is 7.35. The molecule has 0 saturated carbocycles. The molecule has 1 saturated heterocycles. The molecule has 4 atom stereocenters. The number of rotatable bonds is 8. The van der Waals surface area contributed by atoms with Crippen molar-refractivity contribution in [3.05, 3.63) is 114 Å². The van der Waals surface area contributed by atoms with Crippen LogP contribution >= 0.6 is 11.8 Å². The van der Waals surface area contributed by atoms with Crippen LogP contribution in [0, 0.1) is 5.92 Å². The molecule has 9 heteroatoms. The molecule has 38 heavy (non-hydrogen) atoms. The number of aromatic nitrogens is 3. The lowest BCUT2D eigenvalue weighted by atomic mass is 9.91. The highest BCUT2D eigenvalue weighted by Gasteiger charge is 2.38. The number of nitrogens with one attached hydrogen (secondary N) is 1. The minimum Gasteiger partial charge on any atom is -0.392 e. The molecule has 4 aromatic rings. The second-order valence-electron chi connectivity index (χ2n) is 8.99. The minimum absolute atomic E-state index is 0.0129. The van der Waals surface area contributed by atoms with E-state index in [-0.39, 0.29) is 30.6 Å². The SMILES string of the molecule is CC1C(CSc2ncccn2)OC(c2cccc(NC(=O)c3cccnc3)c2)OC1c1ccc(CO)cc1. The van der Waals surface area contributed by atoms with Crippen molar-refractivity contribution < 1.29 is 19.4 Å². The van der Waals surface area contributed by atoms with Crippen molar-refractivity contribution in [2.45, 2.75) is 37.2 Å². The smallest absolute Gasteiger partial charge is 0.257 e. The Bertz CT molecular complexity index is 1340. The zero-order valence-corrected chi connectivity index (χ0v) is 21.6. The van der Waals surface area contributed by atoms with Gasteiger partial charge in [0.2, 0.25) is 0 Å². The van der Waals surface area contributed by atoms with Gasteiger partial charge in [-0.15, -0.1) is 0 Å². The summed E-state index contributed by atoms with van der Waals surface area (Å²) in [5.41, 5.74) is 3.76. The Morgan fingerprint density at radius 3 is 2.53 bits per heavy atom. The Balaban J connectivity index is 1.38. The molecule has 4 unspecified atom stereocenters. The summed E-state index contributed by atoms with van der Waals surface area (Å²) in [4.78, 5) is 25.3. The Morgan fingerprint density at radius 1 is 0.974 bits per heavy atom. The van der Waals surface area contributed by atoms with Crippen LogP contribution in [0.5, 0.6) is 0 Å². The number of nitrogens with zero attached hydrogens (tertiary/aromatic N) is 3. The molecule has 0 spiro atoms. The fourth-order valence-electron chi connectivity index (χ4n) is 4.29. The minimum atomic E-state index is -0.647. The van der Waals surface area contributed by atoms with Gasteiger partial charge >= 0.3 is 0 Å². The van der Waals surface area contributed by atoms with Crippen molar-refractivity contribution in [1.82, 2.24) is 15.0 Å². The van der Waals surface area contributed by atoms with Gasteiger partial charge in [-0.2, -0.15) is 0 Å². The number of aliphatic hydroxyl groups is 1. The summed E-state index contributed by atoms with van der Waals surface area (Å²) < 4.78 is 13.0. The molecule has 2 N–H and O–H groups in total. The highest BCUT2D eigenvalue weighted by Crippen LogP contribution is 2.43. The number of benzene rings is 2. The maximum Gasteiger partial charge on any atom is 0.257 e. The zero-order chi connectivity index (χ0) is 26.3. The topological polar surface area (TPSA) is 106 Å². The molecule has 0 aliphatic carbocycles. The average molecular weight is 529 g/mol. The van der Waals surface area contributed by atoms with E-state index in [1.54, 1.807) is 48.6 Å². The van der Waals surface area contributed by atoms with Crippen LogP contribution in [0.25, 0.3) is 0 Å². The van der Waals surface area contributed by atoms with Gasteiger partial charge in [0.05, 0.1) is 24.4 Å². The van der Waals surface area contributed by atoms with Gasteiger partial charge in [0.15, 0.2) is 11.4 Å². The van der Waals surface area contributed by atoms with Crippen molar-refractivity contribution in [2.75, 3.05) is 11.1 Å². The number of pyridine rings is 1. The maximum absolute atomic E-state index is 12.7. The zero-order valence-electron chi connectivity index (χ0n) is 20.8. The molecular weight excluding hydrogens is 500 g/mol. The summed E-state index contributed by atoms with van der Waals surface area (Å²) in [6.45, 7) is 2.10. The maximum atomic E-state index is 12.7. The fraction of sp³-hybridized carbons (Fsp3) is 0.241. The normalized spacial score (nSPS) is 21.1. The summed E-state index contributed by atoms with van der Waals surface area (Å²) in [7, 11) is 0. The highest BCUT2D eigenvalue weighted by molar-refractivity contribution is 7.99. The van der Waals surface area contributed by atoms with Crippen molar-refractivity contribution in [1.29, 1.82) is 0 Å². The number of thioether (sulfide) groups is 1. The van der Waals surface area contributed by atoms with Crippen molar-refractivity contribution in [3.8, 4) is 0 Å². The molecule has 1 aliphatic heterocycles. The number of aliphatic hydroxyl groups excluding tert-OH is 1. The van der Waals surface area contributed by atoms with E-state index in [4.69, 9.17) is 9.47 Å². The van der Waals surface area contributed by atoms with Gasteiger partial charge < -0.3 is 19.9 Å². The lowest BCUT2D eigenvalue weighted by Gasteiger charge is -2.41. The Labute approximate surface area is 225 Å². The van der Waals surface area contributed by atoms with E-state index < -0.39 is 6.29 Å². The number of hydrogen-bond donors (Lipinski definition) is 2. The van der Waals surface area contributed by atoms with Crippen LogP contribution in [0.3, 0.4) is 0 Å². The van der Waals surface area contributed by atoms with E-state index in [2.05, 4.69) is 27.2 Å². The van der Waals surface area contributed by atoms with Crippen molar-refractivity contribution in [3.63, 3.8) is 0 Å². The average Bonchev–Trinajstić information content (AvgIpc) is 2.98. The molecule has 3 heterocycles. The summed E-state index contributed by atoms with van der Waals surface area (Å²) in [5.74, 6) is 0.442. The van der Waals surface area contributed by atoms with Gasteiger partial charge in [-0.3, -0.25) is 9.78 Å². The largest absolute Gasteiger partial charge is 0.392 e. The molecule has 1 fully saturated rings. The number of carbonyl (C=O) groups excluding carboxylic acids is 1. The van der Waals surface area contributed by atoms with Gasteiger partial charge in [-0.1, -0.05) is 55.1 Å². The van der Waals surface area contributed by atoms with E-state index in [0.717, 1.165) is 16.7 Å². The molecule has 2 aromatic carbocycles. The molecule has 1 aliphatic rings. The van der Waals surface area contributed by atoms with Gasteiger partial charge in [0.25, 0.3) is 5.91 Å². The quantitative estimate of drug-likeness (QED) is 0.237. The second kappa shape index (κ2) is 12.3. The van der Waals surface area contributed by atoms with Crippen LogP contribution < -0.4 is 5.32 Å². The predicted molar refractivity (Wildman–Crippen MR) is 144 cm³/mol. The first-order valence-corrected chi connectivity index (χ1v) is 13.3. The molecule has 194 valence electrons. The van der Waals surface area contributed by atoms with Gasteiger partial charge in [0, 0.05) is 47.7 Å². The number of hydrogen-bond acceptors (Lipinski definition) is 8. The lowest BCUT2D eigenvalue weighted by Crippen LogP contribution is -2.38. The first kappa shape index (κ1) is 26.0. The monoisotopic (exact) mass is 528 g/mol. The Kier molecular flexibility index (Phi) is 8.40. The Morgan fingerprint density at radius 2 is 1.79 bits per heavy atom. The number of ether oxygens (including phenoxy) is 2. The van der Waals surface area contributed by atoms with Crippen LogP contribution in [0.4, 0.5) is 5.69 Å². The molecular formula is C29H28N4O4S. The van der Waals surface area contributed by atoms with Crippen molar-refractivity contribution >= 4 is 23.4 Å². The van der Waals surface area contributed by atoms with Crippen LogP contribution in [0.15, 0.2) is 96.7 Å². The molecule has 1 amide bonds. The van der Waals surface area contributed by atoms with Crippen LogP contribution in [-0.2, 0) is 16.1 Å². The van der Waals surface area contributed by atoms with Gasteiger partial charge in [-0.05, 0) is 41.5 Å². The Hall–Kier alpha value is -3.63. The second-order valence-corrected chi connectivity index (χ2v) is 9.97. The van der Waals surface area contributed by atoms with E-state index in [0.29, 0.717) is 22.2 Å². The van der Waals surface area contributed by atoms with E-state index in [1.165, 1.54) is 6.20 Å². The number of carbonyl (C=O) groups is 1. The summed E-state index contributed by atoms with van der Waals surface area (Å²) in [5, 5.41) is 13.1. The third kappa shape index (κ3) is 6.25. The van der Waals surface area contributed by atoms with Crippen LogP contribution in [0.1, 0.15) is 46.4 Å². The number of anilines is 1.